The summed E-state index contributed by atoms with van der Waals surface area (Å²) < 4.78 is 37.5. The van der Waals surface area contributed by atoms with Gasteiger partial charge in [-0.1, -0.05) is 44.2 Å². The maximum atomic E-state index is 12.5. The second-order valence-electron chi connectivity index (χ2n) is 6.76. The van der Waals surface area contributed by atoms with E-state index in [4.69, 9.17) is 5.73 Å². The molecule has 0 bridgehead atoms. The summed E-state index contributed by atoms with van der Waals surface area (Å²) in [6, 6.07) is 3.91. The SMILES string of the molecule is N[C@H](CC1CCCCC1)C(O)C(=O)NCc1ccc(C(F)(F)F)cc1. The van der Waals surface area contributed by atoms with E-state index >= 15 is 0 Å². The van der Waals surface area contributed by atoms with Crippen molar-refractivity contribution in [1.29, 1.82) is 0 Å². The third-order valence-electron chi connectivity index (χ3n) is 4.75. The Balaban J connectivity index is 1.80. The van der Waals surface area contributed by atoms with Crippen LogP contribution in [0.2, 0.25) is 0 Å². The van der Waals surface area contributed by atoms with E-state index in [9.17, 15) is 23.1 Å². The summed E-state index contributed by atoms with van der Waals surface area (Å²) in [5.41, 5.74) is 5.73. The molecule has 1 unspecified atom stereocenters. The lowest BCUT2D eigenvalue weighted by molar-refractivity contribution is -0.137. The Morgan fingerprint density at radius 1 is 1.20 bits per heavy atom. The molecule has 7 heteroatoms. The summed E-state index contributed by atoms with van der Waals surface area (Å²) in [5, 5.41) is 12.6. The molecular formula is C18H25F3N2O2. The van der Waals surface area contributed by atoms with Crippen LogP contribution in [0.15, 0.2) is 24.3 Å². The minimum Gasteiger partial charge on any atom is -0.382 e. The number of aliphatic hydroxyl groups excluding tert-OH is 1. The molecule has 1 aliphatic carbocycles. The van der Waals surface area contributed by atoms with Gasteiger partial charge in [0.2, 0.25) is 0 Å². The van der Waals surface area contributed by atoms with Crippen molar-refractivity contribution in [2.45, 2.75) is 63.4 Å². The second kappa shape index (κ2) is 8.67. The van der Waals surface area contributed by atoms with Crippen LogP contribution < -0.4 is 11.1 Å². The molecule has 4 N–H and O–H groups in total. The maximum Gasteiger partial charge on any atom is 0.416 e. The fraction of sp³-hybridized carbons (Fsp3) is 0.611. The number of hydrogen-bond donors (Lipinski definition) is 3. The van der Waals surface area contributed by atoms with Gasteiger partial charge in [0.05, 0.1) is 5.56 Å². The minimum absolute atomic E-state index is 0.0458. The number of benzene rings is 1. The summed E-state index contributed by atoms with van der Waals surface area (Å²) in [6.45, 7) is 0.0458. The first-order chi connectivity index (χ1) is 11.8. The van der Waals surface area contributed by atoms with Gasteiger partial charge in [0.25, 0.3) is 5.91 Å². The fourth-order valence-corrected chi connectivity index (χ4v) is 3.24. The van der Waals surface area contributed by atoms with E-state index in [0.29, 0.717) is 17.9 Å². The van der Waals surface area contributed by atoms with Crippen molar-refractivity contribution in [2.24, 2.45) is 11.7 Å². The first kappa shape index (κ1) is 19.7. The topological polar surface area (TPSA) is 75.3 Å². The number of amides is 1. The highest BCUT2D eigenvalue weighted by atomic mass is 19.4. The highest BCUT2D eigenvalue weighted by molar-refractivity contribution is 5.81. The Kier molecular flexibility index (Phi) is 6.84. The van der Waals surface area contributed by atoms with Crippen molar-refractivity contribution in [3.05, 3.63) is 35.4 Å². The van der Waals surface area contributed by atoms with Crippen LogP contribution in [-0.4, -0.2) is 23.2 Å². The van der Waals surface area contributed by atoms with Gasteiger partial charge >= 0.3 is 6.18 Å². The Morgan fingerprint density at radius 2 is 1.80 bits per heavy atom. The molecule has 1 amide bonds. The Labute approximate surface area is 145 Å². The van der Waals surface area contributed by atoms with E-state index in [-0.39, 0.29) is 6.54 Å². The monoisotopic (exact) mass is 358 g/mol. The molecule has 0 saturated heterocycles. The maximum absolute atomic E-state index is 12.5. The van der Waals surface area contributed by atoms with Gasteiger partial charge < -0.3 is 16.2 Å². The molecule has 0 aliphatic heterocycles. The molecule has 0 radical (unpaired) electrons. The van der Waals surface area contributed by atoms with E-state index in [2.05, 4.69) is 5.32 Å². The van der Waals surface area contributed by atoms with E-state index in [0.717, 1.165) is 37.8 Å². The smallest absolute Gasteiger partial charge is 0.382 e. The van der Waals surface area contributed by atoms with Crippen molar-refractivity contribution < 1.29 is 23.1 Å². The number of aliphatic hydroxyl groups is 1. The van der Waals surface area contributed by atoms with Crippen molar-refractivity contribution >= 4 is 5.91 Å². The standard InChI is InChI=1S/C18H25F3N2O2/c19-18(20,21)14-8-6-13(7-9-14)11-23-17(25)16(24)15(22)10-12-4-2-1-3-5-12/h6-9,12,15-16,24H,1-5,10-11,22H2,(H,23,25)/t15-,16?/m1/s1. The lowest BCUT2D eigenvalue weighted by Gasteiger charge is -2.26. The van der Waals surface area contributed by atoms with Crippen LogP contribution in [0.1, 0.15) is 49.7 Å². The molecule has 25 heavy (non-hydrogen) atoms. The van der Waals surface area contributed by atoms with Crippen molar-refractivity contribution in [3.63, 3.8) is 0 Å². The highest BCUT2D eigenvalue weighted by Crippen LogP contribution is 2.29. The molecule has 1 fully saturated rings. The third kappa shape index (κ3) is 6.01. The second-order valence-corrected chi connectivity index (χ2v) is 6.76. The lowest BCUT2D eigenvalue weighted by Crippen LogP contribution is -2.47. The van der Waals surface area contributed by atoms with Crippen LogP contribution in [0.25, 0.3) is 0 Å². The summed E-state index contributed by atoms with van der Waals surface area (Å²) in [6.07, 6.45) is 0.611. The molecule has 4 nitrogen and oxygen atoms in total. The van der Waals surface area contributed by atoms with E-state index in [1.54, 1.807) is 0 Å². The number of nitrogens with two attached hydrogens (primary N) is 1. The molecule has 1 saturated carbocycles. The van der Waals surface area contributed by atoms with Crippen molar-refractivity contribution in [1.82, 2.24) is 5.32 Å². The summed E-state index contributed by atoms with van der Waals surface area (Å²) >= 11 is 0. The number of rotatable bonds is 6. The van der Waals surface area contributed by atoms with Crippen LogP contribution in [0, 0.1) is 5.92 Å². The first-order valence-corrected chi connectivity index (χ1v) is 8.65. The summed E-state index contributed by atoms with van der Waals surface area (Å²) in [5.74, 6) is -0.149. The predicted molar refractivity (Wildman–Crippen MR) is 88.5 cm³/mol. The van der Waals surface area contributed by atoms with E-state index in [1.807, 2.05) is 0 Å². The van der Waals surface area contributed by atoms with Gasteiger partial charge in [-0.15, -0.1) is 0 Å². The summed E-state index contributed by atoms with van der Waals surface area (Å²) in [7, 11) is 0. The normalized spacial score (nSPS) is 18.6. The molecule has 2 rings (SSSR count). The van der Waals surface area contributed by atoms with Crippen LogP contribution >= 0.6 is 0 Å². The van der Waals surface area contributed by atoms with Gasteiger partial charge in [-0.05, 0) is 30.0 Å². The number of alkyl halides is 3. The number of halogens is 3. The van der Waals surface area contributed by atoms with Crippen LogP contribution in [-0.2, 0) is 17.5 Å². The minimum atomic E-state index is -4.39. The molecule has 140 valence electrons. The average molecular weight is 358 g/mol. The van der Waals surface area contributed by atoms with Gasteiger partial charge in [0.1, 0.15) is 6.10 Å². The molecular weight excluding hydrogens is 333 g/mol. The van der Waals surface area contributed by atoms with Gasteiger partial charge in [-0.25, -0.2) is 0 Å². The molecule has 0 aromatic heterocycles. The third-order valence-corrected chi connectivity index (χ3v) is 4.75. The molecule has 2 atom stereocenters. The zero-order valence-corrected chi connectivity index (χ0v) is 14.1. The quantitative estimate of drug-likeness (QED) is 0.732. The number of carbonyl (C=O) groups excluding carboxylic acids is 1. The Hall–Kier alpha value is -1.60. The van der Waals surface area contributed by atoms with Crippen LogP contribution in [0.3, 0.4) is 0 Å². The molecule has 0 heterocycles. The number of nitrogens with one attached hydrogen (secondary N) is 1. The highest BCUT2D eigenvalue weighted by Gasteiger charge is 2.30. The van der Waals surface area contributed by atoms with Crippen LogP contribution in [0.5, 0.6) is 0 Å². The average Bonchev–Trinajstić information content (AvgIpc) is 2.59. The van der Waals surface area contributed by atoms with Gasteiger partial charge in [-0.2, -0.15) is 13.2 Å². The predicted octanol–water partition coefficient (Wildman–Crippen LogP) is 2.98. The number of hydrogen-bond acceptors (Lipinski definition) is 3. The van der Waals surface area contributed by atoms with Gasteiger partial charge in [-0.3, -0.25) is 4.79 Å². The largest absolute Gasteiger partial charge is 0.416 e. The van der Waals surface area contributed by atoms with Crippen molar-refractivity contribution in [3.8, 4) is 0 Å². The van der Waals surface area contributed by atoms with E-state index < -0.39 is 29.8 Å². The Bertz CT molecular complexity index is 554. The molecule has 1 aliphatic rings. The molecule has 0 spiro atoms. The van der Waals surface area contributed by atoms with E-state index in [1.165, 1.54) is 18.6 Å². The van der Waals surface area contributed by atoms with Gasteiger partial charge in [0.15, 0.2) is 0 Å². The number of carbonyl (C=O) groups is 1. The Morgan fingerprint density at radius 3 is 2.36 bits per heavy atom. The molecule has 1 aromatic carbocycles. The fourth-order valence-electron chi connectivity index (χ4n) is 3.24. The van der Waals surface area contributed by atoms with Crippen molar-refractivity contribution in [2.75, 3.05) is 0 Å². The molecule has 1 aromatic rings. The lowest BCUT2D eigenvalue weighted by atomic mass is 9.84. The zero-order valence-electron chi connectivity index (χ0n) is 14.1. The van der Waals surface area contributed by atoms with Crippen LogP contribution in [0.4, 0.5) is 13.2 Å². The zero-order chi connectivity index (χ0) is 18.4. The first-order valence-electron chi connectivity index (χ1n) is 8.65. The van der Waals surface area contributed by atoms with Gasteiger partial charge in [0, 0.05) is 12.6 Å². The summed E-state index contributed by atoms with van der Waals surface area (Å²) in [4.78, 5) is 12.0.